The summed E-state index contributed by atoms with van der Waals surface area (Å²) in [5.74, 6) is -1.95. The molecule has 0 atom stereocenters. The van der Waals surface area contributed by atoms with E-state index in [0.717, 1.165) is 6.26 Å². The predicted octanol–water partition coefficient (Wildman–Crippen LogP) is 2.21. The zero-order chi connectivity index (χ0) is 10.5. The van der Waals surface area contributed by atoms with Crippen LogP contribution in [0.15, 0.2) is 12.1 Å². The first-order chi connectivity index (χ1) is 5.87. The molecular weight excluding hydrogens is 191 g/mol. The van der Waals surface area contributed by atoms with E-state index in [0.29, 0.717) is 0 Å². The number of hydrogen-bond donors (Lipinski definition) is 0. The van der Waals surface area contributed by atoms with Gasteiger partial charge in [-0.25, -0.2) is 4.79 Å². The maximum atomic E-state index is 12.8. The van der Waals surface area contributed by atoms with Gasteiger partial charge in [0, 0.05) is 0 Å². The molecule has 0 spiro atoms. The maximum Gasteiger partial charge on any atom is 0.370 e. The molecule has 0 radical (unpaired) electrons. The highest BCUT2D eigenvalue weighted by Crippen LogP contribution is 2.07. The molecule has 3 nitrogen and oxygen atoms in total. The number of carbonyl (C=O) groups excluding carboxylic acids is 1. The number of rotatable bonds is 4. The van der Waals surface area contributed by atoms with Crippen LogP contribution in [-0.2, 0) is 14.0 Å². The minimum absolute atomic E-state index is 0.160. The lowest BCUT2D eigenvalue weighted by Crippen LogP contribution is -2.22. The Labute approximate surface area is 78.7 Å². The summed E-state index contributed by atoms with van der Waals surface area (Å²) in [6, 6.07) is 0. The fraction of sp³-hybridized carbons (Fsp3) is 0.625. The minimum atomic E-state index is -1.81. The third-order valence-electron chi connectivity index (χ3n) is 0.986. The molecule has 0 heterocycles. The van der Waals surface area contributed by atoms with Crippen LogP contribution >= 0.6 is 0 Å². The highest BCUT2D eigenvalue weighted by Gasteiger charge is 2.16. The van der Waals surface area contributed by atoms with E-state index in [1.54, 1.807) is 6.92 Å². The highest BCUT2D eigenvalue weighted by molar-refractivity contribution is 6.69. The lowest BCUT2D eigenvalue weighted by atomic mass is 10.6. The summed E-state index contributed by atoms with van der Waals surface area (Å²) in [6.45, 7) is 7.45. The van der Waals surface area contributed by atoms with Crippen molar-refractivity contribution in [1.29, 1.82) is 0 Å². The van der Waals surface area contributed by atoms with Crippen LogP contribution in [0.2, 0.25) is 19.6 Å². The summed E-state index contributed by atoms with van der Waals surface area (Å²) < 4.78 is 22.3. The van der Waals surface area contributed by atoms with E-state index >= 15 is 0 Å². The van der Waals surface area contributed by atoms with Gasteiger partial charge in [-0.05, 0) is 26.6 Å². The van der Waals surface area contributed by atoms with Crippen molar-refractivity contribution < 1.29 is 18.3 Å². The number of carbonyl (C=O) groups is 1. The molecule has 0 saturated heterocycles. The zero-order valence-corrected chi connectivity index (χ0v) is 9.39. The van der Waals surface area contributed by atoms with E-state index in [4.69, 9.17) is 4.43 Å². The van der Waals surface area contributed by atoms with Crippen molar-refractivity contribution in [2.24, 2.45) is 0 Å². The van der Waals surface area contributed by atoms with Crippen molar-refractivity contribution in [3.05, 3.63) is 12.1 Å². The van der Waals surface area contributed by atoms with Gasteiger partial charge in [0.25, 0.3) is 0 Å². The van der Waals surface area contributed by atoms with Crippen LogP contribution in [0.25, 0.3) is 0 Å². The van der Waals surface area contributed by atoms with E-state index < -0.39 is 20.1 Å². The summed E-state index contributed by atoms with van der Waals surface area (Å²) >= 11 is 0. The molecule has 0 aliphatic rings. The molecule has 13 heavy (non-hydrogen) atoms. The maximum absolute atomic E-state index is 12.8. The molecule has 0 bridgehead atoms. The monoisotopic (exact) mass is 206 g/mol. The van der Waals surface area contributed by atoms with Gasteiger partial charge >= 0.3 is 5.97 Å². The molecule has 0 amide bonds. The van der Waals surface area contributed by atoms with E-state index in [-0.39, 0.29) is 6.61 Å². The van der Waals surface area contributed by atoms with E-state index in [1.165, 1.54) is 0 Å². The van der Waals surface area contributed by atoms with Crippen LogP contribution in [-0.4, -0.2) is 20.9 Å². The first-order valence-electron chi connectivity index (χ1n) is 4.07. The largest absolute Gasteiger partial charge is 0.547 e. The minimum Gasteiger partial charge on any atom is -0.547 e. The second kappa shape index (κ2) is 5.01. The molecule has 0 aliphatic heterocycles. The predicted molar refractivity (Wildman–Crippen MR) is 50.3 cm³/mol. The molecule has 0 saturated carbocycles. The average molecular weight is 206 g/mol. The fourth-order valence-corrected chi connectivity index (χ4v) is 0.934. The first kappa shape index (κ1) is 12.2. The number of hydrogen-bond acceptors (Lipinski definition) is 3. The molecule has 0 aliphatic carbocycles. The smallest absolute Gasteiger partial charge is 0.370 e. The Kier molecular flexibility index (Phi) is 4.69. The van der Waals surface area contributed by atoms with Crippen molar-refractivity contribution in [1.82, 2.24) is 0 Å². The summed E-state index contributed by atoms with van der Waals surface area (Å²) in [4.78, 5) is 10.7. The van der Waals surface area contributed by atoms with Crippen LogP contribution in [0.5, 0.6) is 0 Å². The number of halogens is 1. The van der Waals surface area contributed by atoms with Gasteiger partial charge in [0.15, 0.2) is 0 Å². The summed E-state index contributed by atoms with van der Waals surface area (Å²) in [5.41, 5.74) is 0. The van der Waals surface area contributed by atoms with Crippen LogP contribution < -0.4 is 0 Å². The van der Waals surface area contributed by atoms with E-state index in [2.05, 4.69) is 4.74 Å². The molecule has 0 N–H and O–H groups in total. The zero-order valence-electron chi connectivity index (χ0n) is 8.39. The normalized spacial score (nSPS) is 12.5. The summed E-state index contributed by atoms with van der Waals surface area (Å²) in [7, 11) is -1.81. The average Bonchev–Trinajstić information content (AvgIpc) is 1.99. The SMILES string of the molecule is CCOC(=O)C(F)=CO[Si](C)(C)C. The van der Waals surface area contributed by atoms with Gasteiger partial charge in [0.2, 0.25) is 14.1 Å². The lowest BCUT2D eigenvalue weighted by molar-refractivity contribution is -0.140. The van der Waals surface area contributed by atoms with Gasteiger partial charge in [-0.2, -0.15) is 4.39 Å². The molecule has 0 aromatic carbocycles. The Hall–Kier alpha value is -0.843. The Morgan fingerprint density at radius 1 is 1.46 bits per heavy atom. The molecule has 0 aromatic rings. The van der Waals surface area contributed by atoms with Gasteiger partial charge in [-0.3, -0.25) is 0 Å². The quantitative estimate of drug-likeness (QED) is 0.306. The second-order valence-corrected chi connectivity index (χ2v) is 7.88. The summed E-state index contributed by atoms with van der Waals surface area (Å²) in [6.07, 6.45) is 0.838. The van der Waals surface area contributed by atoms with Crippen molar-refractivity contribution >= 4 is 14.3 Å². The van der Waals surface area contributed by atoms with Crippen molar-refractivity contribution in [2.45, 2.75) is 26.6 Å². The topological polar surface area (TPSA) is 35.5 Å². The van der Waals surface area contributed by atoms with Gasteiger partial charge in [0.1, 0.15) is 6.26 Å². The molecule has 5 heteroatoms. The Balaban J connectivity index is 4.09. The van der Waals surface area contributed by atoms with Gasteiger partial charge in [-0.15, -0.1) is 0 Å². The fourth-order valence-electron chi connectivity index (χ4n) is 0.477. The molecule has 0 aromatic heterocycles. The van der Waals surface area contributed by atoms with Crippen molar-refractivity contribution in [3.63, 3.8) is 0 Å². The molecule has 0 rings (SSSR count). The van der Waals surface area contributed by atoms with Gasteiger partial charge in [0.05, 0.1) is 6.61 Å². The molecular formula is C8H15FO3Si. The van der Waals surface area contributed by atoms with Gasteiger partial charge < -0.3 is 9.16 Å². The Morgan fingerprint density at radius 2 is 2.00 bits per heavy atom. The van der Waals surface area contributed by atoms with Crippen molar-refractivity contribution in [3.8, 4) is 0 Å². The lowest BCUT2D eigenvalue weighted by Gasteiger charge is -2.14. The van der Waals surface area contributed by atoms with Crippen LogP contribution in [0, 0.1) is 0 Å². The van der Waals surface area contributed by atoms with Crippen LogP contribution in [0.4, 0.5) is 4.39 Å². The molecule has 0 unspecified atom stereocenters. The Morgan fingerprint density at radius 3 is 2.38 bits per heavy atom. The number of esters is 1. The van der Waals surface area contributed by atoms with E-state index in [1.807, 2.05) is 19.6 Å². The molecule has 0 fully saturated rings. The third-order valence-corrected chi connectivity index (χ3v) is 1.81. The first-order valence-corrected chi connectivity index (χ1v) is 7.48. The van der Waals surface area contributed by atoms with Crippen molar-refractivity contribution in [2.75, 3.05) is 6.61 Å². The highest BCUT2D eigenvalue weighted by atomic mass is 28.4. The summed E-state index contributed by atoms with van der Waals surface area (Å²) in [5, 5.41) is 0. The van der Waals surface area contributed by atoms with Crippen LogP contribution in [0.3, 0.4) is 0 Å². The van der Waals surface area contributed by atoms with Gasteiger partial charge in [-0.1, -0.05) is 0 Å². The standard InChI is InChI=1S/C8H15FO3Si/c1-5-11-8(10)7(9)6-12-13(2,3)4/h6H,5H2,1-4H3. The Bertz CT molecular complexity index is 208. The molecule has 76 valence electrons. The third kappa shape index (κ3) is 6.33. The van der Waals surface area contributed by atoms with E-state index in [9.17, 15) is 9.18 Å². The van der Waals surface area contributed by atoms with Crippen LogP contribution in [0.1, 0.15) is 6.92 Å². The number of ether oxygens (including phenoxy) is 1. The second-order valence-electron chi connectivity index (χ2n) is 3.42.